The molecule has 0 fully saturated rings. The van der Waals surface area contributed by atoms with Crippen molar-refractivity contribution >= 4 is 32.6 Å². The van der Waals surface area contributed by atoms with Crippen LogP contribution in [0.4, 0.5) is 0 Å². The number of benzene rings is 1. The molecule has 4 N–H and O–H groups in total. The Balaban J connectivity index is 2.57. The van der Waals surface area contributed by atoms with Crippen LogP contribution in [-0.4, -0.2) is 29.8 Å². The lowest BCUT2D eigenvalue weighted by molar-refractivity contribution is 0.585. The molecule has 0 unspecified atom stereocenters. The maximum Gasteiger partial charge on any atom is 0.238 e. The van der Waals surface area contributed by atoms with Gasteiger partial charge in [-0.3, -0.25) is 5.41 Å². The van der Waals surface area contributed by atoms with Crippen LogP contribution >= 0.6 is 0 Å². The van der Waals surface area contributed by atoms with Crippen LogP contribution in [0.1, 0.15) is 32.3 Å². The molecule has 23 heavy (non-hydrogen) atoms. The summed E-state index contributed by atoms with van der Waals surface area (Å²) in [7, 11) is -3.42. The predicted molar refractivity (Wildman–Crippen MR) is 93.3 cm³/mol. The van der Waals surface area contributed by atoms with Crippen molar-refractivity contribution in [1.29, 1.82) is 5.41 Å². The lowest BCUT2D eigenvalue weighted by Crippen LogP contribution is -2.26. The van der Waals surface area contributed by atoms with Crippen molar-refractivity contribution in [1.82, 2.24) is 9.40 Å². The van der Waals surface area contributed by atoms with Crippen molar-refractivity contribution in [2.24, 2.45) is 10.8 Å². The molecule has 0 aliphatic carbocycles. The molecule has 124 valence electrons. The highest BCUT2D eigenvalue weighted by Gasteiger charge is 2.19. The number of hydrogen-bond donors (Lipinski definition) is 3. The number of rotatable bonds is 6. The molecule has 1 aromatic heterocycles. The number of nitrogens with zero attached hydrogens (tertiary/aromatic N) is 2. The van der Waals surface area contributed by atoms with Gasteiger partial charge in [-0.25, -0.2) is 17.8 Å². The summed E-state index contributed by atoms with van der Waals surface area (Å²) in [4.78, 5) is 0. The Morgan fingerprint density at radius 1 is 1.39 bits per heavy atom. The van der Waals surface area contributed by atoms with Gasteiger partial charge in [-0.1, -0.05) is 31.5 Å². The Kier molecular flexibility index (Phi) is 5.05. The summed E-state index contributed by atoms with van der Waals surface area (Å²) in [5.74, 6) is -0.174. The second kappa shape index (κ2) is 6.82. The largest absolute Gasteiger partial charge is 0.369 e. The van der Waals surface area contributed by atoms with Gasteiger partial charge in [0.15, 0.2) is 0 Å². The molecule has 0 radical (unpaired) electrons. The van der Waals surface area contributed by atoms with E-state index in [1.54, 1.807) is 25.3 Å². The van der Waals surface area contributed by atoms with Crippen LogP contribution in [0.15, 0.2) is 35.6 Å². The monoisotopic (exact) mass is 335 g/mol. The first-order valence-corrected chi connectivity index (χ1v) is 8.95. The Morgan fingerprint density at radius 3 is 2.74 bits per heavy atom. The third-order valence-electron chi connectivity index (χ3n) is 3.47. The average Bonchev–Trinajstić information content (AvgIpc) is 2.91. The van der Waals surface area contributed by atoms with Gasteiger partial charge in [-0.15, -0.1) is 0 Å². The number of nitrogens with two attached hydrogens (primary N) is 1. The molecule has 2 aromatic rings. The number of aromatic nitrogens is 1. The van der Waals surface area contributed by atoms with Crippen LogP contribution in [-0.2, 0) is 10.0 Å². The predicted octanol–water partition coefficient (Wildman–Crippen LogP) is 1.83. The number of nitrogens with one attached hydrogen (secondary N) is 2. The maximum absolute atomic E-state index is 12.6. The lowest BCUT2D eigenvalue weighted by Gasteiger charge is -2.06. The third-order valence-corrected chi connectivity index (χ3v) is 5.17. The highest BCUT2D eigenvalue weighted by molar-refractivity contribution is 7.90. The molecule has 0 aliphatic rings. The second-order valence-corrected chi connectivity index (χ2v) is 7.21. The smallest absolute Gasteiger partial charge is 0.238 e. The van der Waals surface area contributed by atoms with Crippen molar-refractivity contribution in [3.63, 3.8) is 0 Å². The number of fused-ring (bicyclic) bond motifs is 1. The van der Waals surface area contributed by atoms with Crippen molar-refractivity contribution in [2.45, 2.75) is 26.7 Å². The summed E-state index contributed by atoms with van der Waals surface area (Å²) in [5.41, 5.74) is 9.47. The van der Waals surface area contributed by atoms with Crippen LogP contribution < -0.4 is 11.2 Å². The Labute approximate surface area is 135 Å². The van der Waals surface area contributed by atoms with Gasteiger partial charge < -0.3 is 5.73 Å². The summed E-state index contributed by atoms with van der Waals surface area (Å²) in [6.45, 7) is 3.69. The number of para-hydroxylation sites is 1. The first-order valence-electron chi connectivity index (χ1n) is 7.35. The van der Waals surface area contributed by atoms with E-state index in [1.807, 2.05) is 19.1 Å². The minimum Gasteiger partial charge on any atom is -0.369 e. The fraction of sp³-hybridized carbons (Fsp3) is 0.333. The summed E-state index contributed by atoms with van der Waals surface area (Å²) in [6, 6.07) is 7.27. The van der Waals surface area contributed by atoms with Crippen LogP contribution in [0.2, 0.25) is 0 Å². The Bertz CT molecular complexity index is 852. The van der Waals surface area contributed by atoms with Crippen molar-refractivity contribution < 1.29 is 8.42 Å². The maximum atomic E-state index is 12.6. The fourth-order valence-electron chi connectivity index (χ4n) is 2.30. The second-order valence-electron chi connectivity index (χ2n) is 5.25. The van der Waals surface area contributed by atoms with E-state index < -0.39 is 10.0 Å². The highest BCUT2D eigenvalue weighted by atomic mass is 32.2. The SMILES string of the molecule is CCCCS(=O)(=O)n1cc(C(C)=NNC(=N)N)c2ccccc21. The highest BCUT2D eigenvalue weighted by Crippen LogP contribution is 2.24. The van der Waals surface area contributed by atoms with Gasteiger partial charge in [0.1, 0.15) is 0 Å². The van der Waals surface area contributed by atoms with Gasteiger partial charge >= 0.3 is 0 Å². The van der Waals surface area contributed by atoms with E-state index in [9.17, 15) is 8.42 Å². The van der Waals surface area contributed by atoms with Gasteiger partial charge in [0, 0.05) is 17.1 Å². The molecule has 0 saturated heterocycles. The summed E-state index contributed by atoms with van der Waals surface area (Å²) in [6.07, 6.45) is 3.01. The molecule has 0 atom stereocenters. The molecular formula is C15H21N5O2S. The normalized spacial score (nSPS) is 12.5. The topological polar surface area (TPSA) is 113 Å². The van der Waals surface area contributed by atoms with E-state index >= 15 is 0 Å². The van der Waals surface area contributed by atoms with Crippen LogP contribution in [0.5, 0.6) is 0 Å². The Hall–Kier alpha value is -2.35. The Morgan fingerprint density at radius 2 is 2.09 bits per heavy atom. The molecule has 0 amide bonds. The van der Waals surface area contributed by atoms with Crippen molar-refractivity contribution in [3.05, 3.63) is 36.0 Å². The van der Waals surface area contributed by atoms with Crippen LogP contribution in [0.25, 0.3) is 10.9 Å². The summed E-state index contributed by atoms with van der Waals surface area (Å²) < 4.78 is 26.4. The van der Waals surface area contributed by atoms with Gasteiger partial charge in [-0.05, 0) is 19.4 Å². The number of hydrazone groups is 1. The lowest BCUT2D eigenvalue weighted by atomic mass is 10.1. The zero-order valence-corrected chi connectivity index (χ0v) is 14.0. The van der Waals surface area contributed by atoms with E-state index in [-0.39, 0.29) is 11.7 Å². The third kappa shape index (κ3) is 3.70. The van der Waals surface area contributed by atoms with Gasteiger partial charge in [0.2, 0.25) is 16.0 Å². The van der Waals surface area contributed by atoms with Gasteiger partial charge in [0.05, 0.1) is 17.0 Å². The van der Waals surface area contributed by atoms with E-state index in [1.165, 1.54) is 3.97 Å². The molecular weight excluding hydrogens is 314 g/mol. The molecule has 2 rings (SSSR count). The van der Waals surface area contributed by atoms with Crippen LogP contribution in [0, 0.1) is 5.41 Å². The zero-order valence-electron chi connectivity index (χ0n) is 13.2. The molecule has 7 nitrogen and oxygen atoms in total. The van der Waals surface area contributed by atoms with Gasteiger partial charge in [-0.2, -0.15) is 5.10 Å². The molecule has 1 aromatic carbocycles. The number of guanidine groups is 1. The quantitative estimate of drug-likeness (QED) is 0.424. The summed E-state index contributed by atoms with van der Waals surface area (Å²) in [5, 5.41) is 12.0. The zero-order chi connectivity index (χ0) is 17.0. The molecule has 0 aliphatic heterocycles. The fourth-order valence-corrected chi connectivity index (χ4v) is 3.87. The molecule has 0 spiro atoms. The molecule has 0 bridgehead atoms. The van der Waals surface area contributed by atoms with Crippen molar-refractivity contribution in [3.8, 4) is 0 Å². The van der Waals surface area contributed by atoms with E-state index in [4.69, 9.17) is 11.1 Å². The number of unbranched alkanes of at least 4 members (excludes halogenated alkanes) is 1. The van der Waals surface area contributed by atoms with E-state index in [0.717, 1.165) is 11.8 Å². The van der Waals surface area contributed by atoms with Gasteiger partial charge in [0.25, 0.3) is 0 Å². The molecule has 1 heterocycles. The standard InChI is InChI=1S/C15H21N5O2S/c1-3-4-9-23(21,22)20-10-13(11(2)18-19-15(16)17)12-7-5-6-8-14(12)20/h5-8,10H,3-4,9H2,1-2H3,(H4,16,17,19). The minimum atomic E-state index is -3.42. The molecule has 0 saturated carbocycles. The van der Waals surface area contributed by atoms with E-state index in [2.05, 4.69) is 10.5 Å². The first-order chi connectivity index (χ1) is 10.9. The first kappa shape index (κ1) is 17.0. The van der Waals surface area contributed by atoms with Crippen molar-refractivity contribution in [2.75, 3.05) is 5.75 Å². The van der Waals surface area contributed by atoms with Crippen LogP contribution in [0.3, 0.4) is 0 Å². The molecule has 8 heteroatoms. The summed E-state index contributed by atoms with van der Waals surface area (Å²) >= 11 is 0. The average molecular weight is 335 g/mol. The van der Waals surface area contributed by atoms with E-state index in [0.29, 0.717) is 23.2 Å². The minimum absolute atomic E-state index is 0.101. The number of hydrogen-bond acceptors (Lipinski definition) is 4.